The molecule has 0 aromatic rings. The van der Waals surface area contributed by atoms with Crippen LogP contribution in [-0.2, 0) is 0 Å². The molecule has 2 aliphatic rings. The maximum atomic E-state index is 12.8. The fraction of sp³-hybridized carbons (Fsp3) is 1.00. The molecule has 0 radical (unpaired) electrons. The summed E-state index contributed by atoms with van der Waals surface area (Å²) in [5, 5.41) is 0. The molecular formula is C12H18F4. The van der Waals surface area contributed by atoms with Gasteiger partial charge in [0.15, 0.2) is 0 Å². The minimum absolute atomic E-state index is 0.0175. The lowest BCUT2D eigenvalue weighted by molar-refractivity contribution is -0.172. The van der Waals surface area contributed by atoms with Crippen LogP contribution in [0, 0.1) is 17.8 Å². The second kappa shape index (κ2) is 3.88. The summed E-state index contributed by atoms with van der Waals surface area (Å²) >= 11 is 0. The normalized spacial score (nSPS) is 28.9. The average Bonchev–Trinajstić information content (AvgIpc) is 2.06. The smallest absolute Gasteiger partial charge is 0.207 e. The van der Waals surface area contributed by atoms with Crippen LogP contribution in [0.15, 0.2) is 0 Å². The van der Waals surface area contributed by atoms with Crippen molar-refractivity contribution in [2.75, 3.05) is 0 Å². The van der Waals surface area contributed by atoms with Crippen LogP contribution in [0.2, 0.25) is 0 Å². The van der Waals surface area contributed by atoms with E-state index in [0.29, 0.717) is 0 Å². The third kappa shape index (κ3) is 2.35. The van der Waals surface area contributed by atoms with Crippen molar-refractivity contribution in [2.24, 2.45) is 17.8 Å². The fourth-order valence-corrected chi connectivity index (χ4v) is 3.21. The van der Waals surface area contributed by atoms with E-state index in [1.54, 1.807) is 0 Å². The lowest BCUT2D eigenvalue weighted by Crippen LogP contribution is -2.47. The van der Waals surface area contributed by atoms with Gasteiger partial charge in [0.05, 0.1) is 0 Å². The third-order valence-corrected chi connectivity index (χ3v) is 4.08. The molecule has 2 fully saturated rings. The van der Waals surface area contributed by atoms with Gasteiger partial charge in [-0.05, 0) is 17.8 Å². The molecule has 2 saturated carbocycles. The quantitative estimate of drug-likeness (QED) is 0.633. The average molecular weight is 238 g/mol. The molecule has 0 aliphatic heterocycles. The first-order valence-corrected chi connectivity index (χ1v) is 6.09. The Hall–Kier alpha value is -0.280. The van der Waals surface area contributed by atoms with E-state index in [-0.39, 0.29) is 43.4 Å². The van der Waals surface area contributed by atoms with Gasteiger partial charge < -0.3 is 0 Å². The first-order chi connectivity index (χ1) is 7.33. The molecule has 4 heteroatoms. The summed E-state index contributed by atoms with van der Waals surface area (Å²) in [5.74, 6) is -4.98. The van der Waals surface area contributed by atoms with Crippen LogP contribution in [0.1, 0.15) is 45.4 Å². The summed E-state index contributed by atoms with van der Waals surface area (Å²) in [6.07, 6.45) is 1.38. The predicted octanol–water partition coefficient (Wildman–Crippen LogP) is 4.49. The van der Waals surface area contributed by atoms with E-state index in [1.807, 2.05) is 6.92 Å². The predicted molar refractivity (Wildman–Crippen MR) is 53.7 cm³/mol. The van der Waals surface area contributed by atoms with Gasteiger partial charge in [0.2, 0.25) is 11.8 Å². The summed E-state index contributed by atoms with van der Waals surface area (Å²) in [4.78, 5) is 0. The van der Waals surface area contributed by atoms with E-state index in [9.17, 15) is 17.6 Å². The molecule has 0 bridgehead atoms. The minimum Gasteiger partial charge on any atom is -0.207 e. The summed E-state index contributed by atoms with van der Waals surface area (Å²) in [6.45, 7) is 1.99. The Morgan fingerprint density at radius 1 is 0.938 bits per heavy atom. The maximum Gasteiger partial charge on any atom is 0.248 e. The number of alkyl halides is 4. The lowest BCUT2D eigenvalue weighted by Gasteiger charge is -2.48. The van der Waals surface area contributed by atoms with Gasteiger partial charge in [-0.3, -0.25) is 0 Å². The van der Waals surface area contributed by atoms with Crippen molar-refractivity contribution in [3.8, 4) is 0 Å². The van der Waals surface area contributed by atoms with E-state index < -0.39 is 11.8 Å². The highest BCUT2D eigenvalue weighted by Crippen LogP contribution is 2.55. The maximum absolute atomic E-state index is 12.8. The van der Waals surface area contributed by atoms with Crippen molar-refractivity contribution in [1.29, 1.82) is 0 Å². The molecule has 0 spiro atoms. The molecule has 0 unspecified atom stereocenters. The first kappa shape index (κ1) is 12.2. The van der Waals surface area contributed by atoms with Crippen LogP contribution < -0.4 is 0 Å². The molecule has 0 N–H and O–H groups in total. The summed E-state index contributed by atoms with van der Waals surface area (Å²) in [6, 6.07) is 0. The lowest BCUT2D eigenvalue weighted by atomic mass is 9.61. The van der Waals surface area contributed by atoms with Crippen LogP contribution in [0.3, 0.4) is 0 Å². The largest absolute Gasteiger partial charge is 0.248 e. The molecule has 0 aromatic heterocycles. The van der Waals surface area contributed by atoms with Crippen LogP contribution in [0.5, 0.6) is 0 Å². The minimum atomic E-state index is -2.52. The monoisotopic (exact) mass is 238 g/mol. The van der Waals surface area contributed by atoms with Crippen LogP contribution in [-0.4, -0.2) is 11.8 Å². The second-order valence-corrected chi connectivity index (χ2v) is 5.50. The van der Waals surface area contributed by atoms with Crippen molar-refractivity contribution in [3.05, 3.63) is 0 Å². The third-order valence-electron chi connectivity index (χ3n) is 4.08. The van der Waals surface area contributed by atoms with E-state index >= 15 is 0 Å². The van der Waals surface area contributed by atoms with Gasteiger partial charge in [-0.15, -0.1) is 0 Å². The molecule has 0 amide bonds. The Morgan fingerprint density at radius 3 is 1.56 bits per heavy atom. The molecule has 2 rings (SSSR count). The van der Waals surface area contributed by atoms with E-state index in [2.05, 4.69) is 0 Å². The van der Waals surface area contributed by atoms with Gasteiger partial charge in [-0.1, -0.05) is 19.8 Å². The fourth-order valence-electron chi connectivity index (χ4n) is 3.21. The van der Waals surface area contributed by atoms with Gasteiger partial charge in [0, 0.05) is 25.7 Å². The zero-order valence-corrected chi connectivity index (χ0v) is 9.49. The highest BCUT2D eigenvalue weighted by Gasteiger charge is 2.55. The SMILES string of the molecule is CCCC(C1CC(F)(F)C1)C1CC(F)(F)C1. The van der Waals surface area contributed by atoms with E-state index in [1.165, 1.54) is 0 Å². The molecule has 16 heavy (non-hydrogen) atoms. The highest BCUT2D eigenvalue weighted by atomic mass is 19.3. The van der Waals surface area contributed by atoms with E-state index in [0.717, 1.165) is 12.8 Å². The van der Waals surface area contributed by atoms with Crippen LogP contribution >= 0.6 is 0 Å². The van der Waals surface area contributed by atoms with Gasteiger partial charge in [-0.25, -0.2) is 17.6 Å². The molecule has 0 atom stereocenters. The van der Waals surface area contributed by atoms with Crippen molar-refractivity contribution < 1.29 is 17.6 Å². The number of hydrogen-bond acceptors (Lipinski definition) is 0. The van der Waals surface area contributed by atoms with Crippen molar-refractivity contribution in [3.63, 3.8) is 0 Å². The Balaban J connectivity index is 1.87. The number of hydrogen-bond donors (Lipinski definition) is 0. The Kier molecular flexibility index (Phi) is 2.96. The molecule has 0 aromatic carbocycles. The standard InChI is InChI=1S/C12H18F4/c1-2-3-10(8-4-11(13,14)5-8)9-6-12(15,16)7-9/h8-10H,2-7H2,1H3. The Bertz CT molecular complexity index is 222. The Morgan fingerprint density at radius 2 is 1.31 bits per heavy atom. The zero-order chi connectivity index (χ0) is 12.0. The highest BCUT2D eigenvalue weighted by molar-refractivity contribution is 4.97. The van der Waals surface area contributed by atoms with Crippen molar-refractivity contribution in [2.45, 2.75) is 57.3 Å². The molecule has 2 aliphatic carbocycles. The van der Waals surface area contributed by atoms with Gasteiger partial charge in [0.1, 0.15) is 0 Å². The topological polar surface area (TPSA) is 0 Å². The van der Waals surface area contributed by atoms with Gasteiger partial charge in [-0.2, -0.15) is 0 Å². The second-order valence-electron chi connectivity index (χ2n) is 5.50. The van der Waals surface area contributed by atoms with Crippen molar-refractivity contribution in [1.82, 2.24) is 0 Å². The summed E-state index contributed by atoms with van der Waals surface area (Å²) in [7, 11) is 0. The Labute approximate surface area is 93.4 Å². The van der Waals surface area contributed by atoms with Crippen LogP contribution in [0.4, 0.5) is 17.6 Å². The molecule has 94 valence electrons. The first-order valence-electron chi connectivity index (χ1n) is 6.09. The molecule has 0 saturated heterocycles. The summed E-state index contributed by atoms with van der Waals surface area (Å²) in [5.41, 5.74) is 0. The molecular weight excluding hydrogens is 220 g/mol. The number of rotatable bonds is 4. The summed E-state index contributed by atoms with van der Waals surface area (Å²) < 4.78 is 51.1. The van der Waals surface area contributed by atoms with Gasteiger partial charge >= 0.3 is 0 Å². The van der Waals surface area contributed by atoms with Crippen molar-refractivity contribution >= 4 is 0 Å². The van der Waals surface area contributed by atoms with Gasteiger partial charge in [0.25, 0.3) is 0 Å². The van der Waals surface area contributed by atoms with Crippen LogP contribution in [0.25, 0.3) is 0 Å². The zero-order valence-electron chi connectivity index (χ0n) is 9.49. The van der Waals surface area contributed by atoms with E-state index in [4.69, 9.17) is 0 Å². The molecule has 0 heterocycles. The molecule has 0 nitrogen and oxygen atoms in total. The number of halogens is 4.